The number of carbonyl (C=O) groups is 2. The molecule has 0 aliphatic rings. The van der Waals surface area contributed by atoms with Crippen molar-refractivity contribution in [3.63, 3.8) is 0 Å². The van der Waals surface area contributed by atoms with Crippen LogP contribution in [0.2, 0.25) is 0 Å². The predicted octanol–water partition coefficient (Wildman–Crippen LogP) is 0.894. The summed E-state index contributed by atoms with van der Waals surface area (Å²) in [6.45, 7) is -0.582. The molecule has 7 heteroatoms. The molecule has 0 aliphatic heterocycles. The van der Waals surface area contributed by atoms with Gasteiger partial charge < -0.3 is 15.5 Å². The SMILES string of the molecule is O=C(O)CNC(=O)c1ncc2cc(F)ccc2c1O. The number of halogens is 1. The molecule has 1 amide bonds. The fourth-order valence-corrected chi connectivity index (χ4v) is 1.58. The zero-order valence-electron chi connectivity index (χ0n) is 9.55. The molecule has 0 atom stereocenters. The van der Waals surface area contributed by atoms with E-state index in [1.807, 2.05) is 0 Å². The number of benzene rings is 1. The van der Waals surface area contributed by atoms with Gasteiger partial charge in [0.05, 0.1) is 0 Å². The third-order valence-corrected chi connectivity index (χ3v) is 2.44. The molecule has 1 heterocycles. The minimum absolute atomic E-state index is 0.261. The molecule has 0 unspecified atom stereocenters. The number of nitrogens with one attached hydrogen (secondary N) is 1. The van der Waals surface area contributed by atoms with E-state index in [0.29, 0.717) is 5.39 Å². The molecule has 19 heavy (non-hydrogen) atoms. The monoisotopic (exact) mass is 264 g/mol. The van der Waals surface area contributed by atoms with Gasteiger partial charge in [-0.05, 0) is 18.2 Å². The first-order chi connectivity index (χ1) is 8.99. The molecular weight excluding hydrogens is 255 g/mol. The quantitative estimate of drug-likeness (QED) is 0.764. The Morgan fingerprint density at radius 1 is 1.37 bits per heavy atom. The third-order valence-electron chi connectivity index (χ3n) is 2.44. The van der Waals surface area contributed by atoms with Gasteiger partial charge in [-0.15, -0.1) is 0 Å². The van der Waals surface area contributed by atoms with Crippen molar-refractivity contribution in [3.05, 3.63) is 35.9 Å². The number of aromatic hydroxyl groups is 1. The molecular formula is C12H9FN2O4. The van der Waals surface area contributed by atoms with Crippen molar-refractivity contribution in [2.45, 2.75) is 0 Å². The van der Waals surface area contributed by atoms with E-state index in [1.165, 1.54) is 18.3 Å². The summed E-state index contributed by atoms with van der Waals surface area (Å²) < 4.78 is 13.0. The molecule has 6 nitrogen and oxygen atoms in total. The van der Waals surface area contributed by atoms with Gasteiger partial charge in [0.2, 0.25) is 0 Å². The maximum atomic E-state index is 13.0. The van der Waals surface area contributed by atoms with Crippen LogP contribution in [0.25, 0.3) is 10.8 Å². The van der Waals surface area contributed by atoms with E-state index >= 15 is 0 Å². The summed E-state index contributed by atoms with van der Waals surface area (Å²) >= 11 is 0. The van der Waals surface area contributed by atoms with Crippen LogP contribution in [0.15, 0.2) is 24.4 Å². The zero-order valence-corrected chi connectivity index (χ0v) is 9.55. The topological polar surface area (TPSA) is 99.5 Å². The van der Waals surface area contributed by atoms with Gasteiger partial charge in [0.25, 0.3) is 5.91 Å². The molecule has 1 aromatic heterocycles. The van der Waals surface area contributed by atoms with Crippen LogP contribution in [0.3, 0.4) is 0 Å². The highest BCUT2D eigenvalue weighted by Crippen LogP contribution is 2.27. The lowest BCUT2D eigenvalue weighted by atomic mass is 10.1. The summed E-state index contributed by atoms with van der Waals surface area (Å²) in [6.07, 6.45) is 1.23. The van der Waals surface area contributed by atoms with Crippen molar-refractivity contribution >= 4 is 22.6 Å². The van der Waals surface area contributed by atoms with Crippen molar-refractivity contribution in [1.29, 1.82) is 0 Å². The second-order valence-corrected chi connectivity index (χ2v) is 3.76. The van der Waals surface area contributed by atoms with E-state index in [2.05, 4.69) is 10.3 Å². The van der Waals surface area contributed by atoms with Gasteiger partial charge in [-0.2, -0.15) is 0 Å². The Kier molecular flexibility index (Phi) is 3.28. The summed E-state index contributed by atoms with van der Waals surface area (Å²) in [5.74, 6) is -2.93. The van der Waals surface area contributed by atoms with Crippen molar-refractivity contribution in [2.24, 2.45) is 0 Å². The number of nitrogens with zero attached hydrogens (tertiary/aromatic N) is 1. The second-order valence-electron chi connectivity index (χ2n) is 3.76. The van der Waals surface area contributed by atoms with Gasteiger partial charge >= 0.3 is 5.97 Å². The molecule has 0 fully saturated rings. The highest BCUT2D eigenvalue weighted by Gasteiger charge is 2.16. The molecule has 2 rings (SSSR count). The van der Waals surface area contributed by atoms with E-state index < -0.39 is 30.0 Å². The smallest absolute Gasteiger partial charge is 0.322 e. The van der Waals surface area contributed by atoms with Crippen LogP contribution in [0.4, 0.5) is 4.39 Å². The van der Waals surface area contributed by atoms with Crippen LogP contribution in [0, 0.1) is 5.82 Å². The van der Waals surface area contributed by atoms with Crippen LogP contribution >= 0.6 is 0 Å². The molecule has 0 aliphatic carbocycles. The average Bonchev–Trinajstić information content (AvgIpc) is 2.36. The summed E-state index contributed by atoms with van der Waals surface area (Å²) in [5, 5.41) is 21.0. The highest BCUT2D eigenvalue weighted by atomic mass is 19.1. The van der Waals surface area contributed by atoms with E-state index in [4.69, 9.17) is 5.11 Å². The number of hydrogen-bond acceptors (Lipinski definition) is 4. The standard InChI is InChI=1S/C12H9FN2O4/c13-7-1-2-8-6(3-7)4-14-10(11(8)18)12(19)15-5-9(16)17/h1-4,18H,5H2,(H,15,19)(H,16,17). The van der Waals surface area contributed by atoms with Crippen molar-refractivity contribution < 1.29 is 24.2 Å². The third kappa shape index (κ3) is 2.59. The Bertz CT molecular complexity index is 672. The lowest BCUT2D eigenvalue weighted by molar-refractivity contribution is -0.135. The Hall–Kier alpha value is -2.70. The van der Waals surface area contributed by atoms with E-state index in [1.54, 1.807) is 0 Å². The fraction of sp³-hybridized carbons (Fsp3) is 0.0833. The molecule has 0 bridgehead atoms. The highest BCUT2D eigenvalue weighted by molar-refractivity contribution is 6.02. The largest absolute Gasteiger partial charge is 0.505 e. The van der Waals surface area contributed by atoms with Crippen molar-refractivity contribution in [2.75, 3.05) is 6.54 Å². The van der Waals surface area contributed by atoms with Crippen LogP contribution in [-0.4, -0.2) is 33.6 Å². The Balaban J connectivity index is 2.40. The van der Waals surface area contributed by atoms with Gasteiger partial charge in [-0.3, -0.25) is 9.59 Å². The summed E-state index contributed by atoms with van der Waals surface area (Å²) in [6, 6.07) is 3.62. The number of fused-ring (bicyclic) bond motifs is 1. The number of amides is 1. The summed E-state index contributed by atoms with van der Waals surface area (Å²) in [7, 11) is 0. The Labute approximate surface area is 106 Å². The summed E-state index contributed by atoms with van der Waals surface area (Å²) in [4.78, 5) is 25.6. The maximum Gasteiger partial charge on any atom is 0.322 e. The number of carboxylic acid groups (broad SMARTS) is 1. The molecule has 0 saturated heterocycles. The van der Waals surface area contributed by atoms with E-state index in [0.717, 1.165) is 6.07 Å². The van der Waals surface area contributed by atoms with Gasteiger partial charge in [0.15, 0.2) is 11.4 Å². The lowest BCUT2D eigenvalue weighted by Crippen LogP contribution is -2.29. The first-order valence-electron chi connectivity index (χ1n) is 5.26. The van der Waals surface area contributed by atoms with Crippen molar-refractivity contribution in [3.8, 4) is 5.75 Å². The zero-order chi connectivity index (χ0) is 14.0. The van der Waals surface area contributed by atoms with E-state index in [-0.39, 0.29) is 11.1 Å². The number of aliphatic carboxylic acids is 1. The van der Waals surface area contributed by atoms with Crippen molar-refractivity contribution in [1.82, 2.24) is 10.3 Å². The van der Waals surface area contributed by atoms with Crippen LogP contribution < -0.4 is 5.32 Å². The van der Waals surface area contributed by atoms with Gasteiger partial charge in [0, 0.05) is 17.0 Å². The number of aromatic nitrogens is 1. The molecule has 0 radical (unpaired) electrons. The number of carboxylic acids is 1. The lowest BCUT2D eigenvalue weighted by Gasteiger charge is -2.06. The van der Waals surface area contributed by atoms with Crippen LogP contribution in [0.1, 0.15) is 10.5 Å². The van der Waals surface area contributed by atoms with Gasteiger partial charge in [0.1, 0.15) is 12.4 Å². The average molecular weight is 264 g/mol. The first-order valence-corrected chi connectivity index (χ1v) is 5.26. The first kappa shape index (κ1) is 12.7. The molecule has 3 N–H and O–H groups in total. The molecule has 2 aromatic rings. The molecule has 0 saturated carbocycles. The van der Waals surface area contributed by atoms with E-state index in [9.17, 15) is 19.1 Å². The number of carbonyl (C=O) groups excluding carboxylic acids is 1. The molecule has 1 aromatic carbocycles. The van der Waals surface area contributed by atoms with Crippen LogP contribution in [0.5, 0.6) is 5.75 Å². The number of rotatable bonds is 3. The number of hydrogen-bond donors (Lipinski definition) is 3. The second kappa shape index (κ2) is 4.89. The van der Waals surface area contributed by atoms with Crippen LogP contribution in [-0.2, 0) is 4.79 Å². The maximum absolute atomic E-state index is 13.0. The Morgan fingerprint density at radius 3 is 2.79 bits per heavy atom. The van der Waals surface area contributed by atoms with Gasteiger partial charge in [-0.25, -0.2) is 9.37 Å². The normalized spacial score (nSPS) is 10.4. The predicted molar refractivity (Wildman–Crippen MR) is 63.3 cm³/mol. The summed E-state index contributed by atoms with van der Waals surface area (Å²) in [5.41, 5.74) is -0.305. The fourth-order valence-electron chi connectivity index (χ4n) is 1.58. The minimum atomic E-state index is -1.21. The molecule has 0 spiro atoms. The minimum Gasteiger partial charge on any atom is -0.505 e. The van der Waals surface area contributed by atoms with Gasteiger partial charge in [-0.1, -0.05) is 0 Å². The Morgan fingerprint density at radius 2 is 2.11 bits per heavy atom. The number of pyridine rings is 1. The molecule has 98 valence electrons.